The van der Waals surface area contributed by atoms with Crippen molar-refractivity contribution < 1.29 is 0 Å². The van der Waals surface area contributed by atoms with E-state index in [1.165, 1.54) is 5.56 Å². The third-order valence-corrected chi connectivity index (χ3v) is 2.48. The lowest BCUT2D eigenvalue weighted by molar-refractivity contribution is 1.34. The first-order valence-corrected chi connectivity index (χ1v) is 5.66. The van der Waals surface area contributed by atoms with Crippen molar-refractivity contribution in [2.75, 3.05) is 17.6 Å². The smallest absolute Gasteiger partial charge is 0.0576 e. The molecule has 0 radical (unpaired) electrons. The number of hydrogen-bond acceptors (Lipinski definition) is 2. The summed E-state index contributed by atoms with van der Waals surface area (Å²) >= 11 is 0. The number of nitrogens with one attached hydrogen (secondary N) is 1. The van der Waals surface area contributed by atoms with Gasteiger partial charge in [0.1, 0.15) is 0 Å². The molecule has 0 saturated heterocycles. The summed E-state index contributed by atoms with van der Waals surface area (Å²) in [4.78, 5) is 0. The molecule has 0 aliphatic rings. The van der Waals surface area contributed by atoms with E-state index in [1.807, 2.05) is 42.5 Å². The Hall–Kier alpha value is -2.22. The molecule has 0 saturated carbocycles. The van der Waals surface area contributed by atoms with Gasteiger partial charge in [0.25, 0.3) is 0 Å². The molecule has 0 bridgehead atoms. The molecule has 17 heavy (non-hydrogen) atoms. The van der Waals surface area contributed by atoms with E-state index in [0.717, 1.165) is 17.9 Å². The molecule has 0 fully saturated rings. The molecule has 2 rings (SSSR count). The minimum Gasteiger partial charge on any atom is -0.397 e. The van der Waals surface area contributed by atoms with Crippen molar-refractivity contribution >= 4 is 17.5 Å². The van der Waals surface area contributed by atoms with Crippen molar-refractivity contribution in [3.05, 3.63) is 66.2 Å². The fourth-order valence-electron chi connectivity index (χ4n) is 1.59. The molecule has 0 unspecified atom stereocenters. The molecule has 0 atom stereocenters. The number of para-hydroxylation sites is 2. The lowest BCUT2D eigenvalue weighted by atomic mass is 10.2. The SMILES string of the molecule is Nc1ccccc1NC/C=C\c1ccccc1. The molecule has 2 nitrogen and oxygen atoms in total. The molecular weight excluding hydrogens is 208 g/mol. The van der Waals surface area contributed by atoms with E-state index in [1.54, 1.807) is 0 Å². The molecule has 0 aliphatic heterocycles. The summed E-state index contributed by atoms with van der Waals surface area (Å²) in [5.74, 6) is 0. The lowest BCUT2D eigenvalue weighted by Gasteiger charge is -2.05. The van der Waals surface area contributed by atoms with Crippen molar-refractivity contribution in [3.63, 3.8) is 0 Å². The molecule has 86 valence electrons. The van der Waals surface area contributed by atoms with E-state index in [0.29, 0.717) is 0 Å². The number of nitrogens with two attached hydrogens (primary N) is 1. The maximum atomic E-state index is 5.83. The highest BCUT2D eigenvalue weighted by atomic mass is 14.9. The predicted molar refractivity (Wildman–Crippen MR) is 74.8 cm³/mol. The van der Waals surface area contributed by atoms with Gasteiger partial charge in [-0.25, -0.2) is 0 Å². The number of benzene rings is 2. The van der Waals surface area contributed by atoms with Gasteiger partial charge < -0.3 is 11.1 Å². The number of nitrogen functional groups attached to an aromatic ring is 1. The monoisotopic (exact) mass is 224 g/mol. The fraction of sp³-hybridized carbons (Fsp3) is 0.0667. The predicted octanol–water partition coefficient (Wildman–Crippen LogP) is 3.39. The molecule has 2 aromatic carbocycles. The Kier molecular flexibility index (Phi) is 3.81. The van der Waals surface area contributed by atoms with Gasteiger partial charge in [-0.2, -0.15) is 0 Å². The topological polar surface area (TPSA) is 38.0 Å². The first kappa shape index (κ1) is 11.3. The molecule has 3 N–H and O–H groups in total. The van der Waals surface area contributed by atoms with Gasteiger partial charge in [-0.15, -0.1) is 0 Å². The lowest BCUT2D eigenvalue weighted by Crippen LogP contribution is -2.01. The van der Waals surface area contributed by atoms with Crippen LogP contribution in [0.2, 0.25) is 0 Å². The van der Waals surface area contributed by atoms with Gasteiger partial charge in [0.2, 0.25) is 0 Å². The quantitative estimate of drug-likeness (QED) is 0.781. The van der Waals surface area contributed by atoms with Crippen LogP contribution < -0.4 is 11.1 Å². The molecule has 2 heteroatoms. The van der Waals surface area contributed by atoms with E-state index >= 15 is 0 Å². The van der Waals surface area contributed by atoms with E-state index in [-0.39, 0.29) is 0 Å². The summed E-state index contributed by atoms with van der Waals surface area (Å²) in [7, 11) is 0. The van der Waals surface area contributed by atoms with E-state index < -0.39 is 0 Å². The van der Waals surface area contributed by atoms with Gasteiger partial charge in [-0.3, -0.25) is 0 Å². The second-order valence-electron chi connectivity index (χ2n) is 3.78. The van der Waals surface area contributed by atoms with Crippen LogP contribution in [0.3, 0.4) is 0 Å². The summed E-state index contributed by atoms with van der Waals surface area (Å²) in [5, 5.41) is 3.27. The first-order valence-electron chi connectivity index (χ1n) is 5.66. The summed E-state index contributed by atoms with van der Waals surface area (Å²) in [6.07, 6.45) is 4.17. The minimum absolute atomic E-state index is 0.767. The number of anilines is 2. The molecule has 0 aromatic heterocycles. The van der Waals surface area contributed by atoms with Crippen LogP contribution in [0.25, 0.3) is 6.08 Å². The molecule has 0 heterocycles. The summed E-state index contributed by atoms with van der Waals surface area (Å²) in [6.45, 7) is 0.767. The van der Waals surface area contributed by atoms with Crippen LogP contribution in [0.15, 0.2) is 60.7 Å². The van der Waals surface area contributed by atoms with Crippen molar-refractivity contribution in [1.29, 1.82) is 0 Å². The van der Waals surface area contributed by atoms with Gasteiger partial charge >= 0.3 is 0 Å². The molecule has 2 aromatic rings. The van der Waals surface area contributed by atoms with Crippen molar-refractivity contribution in [3.8, 4) is 0 Å². The van der Waals surface area contributed by atoms with E-state index in [2.05, 4.69) is 29.6 Å². The molecule has 0 aliphatic carbocycles. The van der Waals surface area contributed by atoms with Gasteiger partial charge in [0.05, 0.1) is 11.4 Å². The van der Waals surface area contributed by atoms with Crippen LogP contribution in [0, 0.1) is 0 Å². The summed E-state index contributed by atoms with van der Waals surface area (Å²) in [5.41, 5.74) is 8.79. The second kappa shape index (κ2) is 5.75. The maximum Gasteiger partial charge on any atom is 0.0576 e. The zero-order valence-electron chi connectivity index (χ0n) is 9.64. The Bertz CT molecular complexity index is 489. The van der Waals surface area contributed by atoms with Crippen molar-refractivity contribution in [1.82, 2.24) is 0 Å². The van der Waals surface area contributed by atoms with Gasteiger partial charge in [-0.05, 0) is 17.7 Å². The third-order valence-electron chi connectivity index (χ3n) is 2.48. The van der Waals surface area contributed by atoms with Crippen LogP contribution in [0.1, 0.15) is 5.56 Å². The minimum atomic E-state index is 0.767. The maximum absolute atomic E-state index is 5.83. The average Bonchev–Trinajstić information content (AvgIpc) is 2.38. The Labute approximate surface area is 102 Å². The molecule has 0 spiro atoms. The van der Waals surface area contributed by atoms with Crippen LogP contribution in [0.4, 0.5) is 11.4 Å². The second-order valence-corrected chi connectivity index (χ2v) is 3.78. The average molecular weight is 224 g/mol. The van der Waals surface area contributed by atoms with Crippen LogP contribution in [0.5, 0.6) is 0 Å². The van der Waals surface area contributed by atoms with Crippen LogP contribution in [-0.2, 0) is 0 Å². The highest BCUT2D eigenvalue weighted by Crippen LogP contribution is 2.16. The number of hydrogen-bond donors (Lipinski definition) is 2. The van der Waals surface area contributed by atoms with E-state index in [9.17, 15) is 0 Å². The Morgan fingerprint density at radius 2 is 1.65 bits per heavy atom. The zero-order valence-corrected chi connectivity index (χ0v) is 9.64. The summed E-state index contributed by atoms with van der Waals surface area (Å²) in [6, 6.07) is 18.0. The van der Waals surface area contributed by atoms with Crippen molar-refractivity contribution in [2.24, 2.45) is 0 Å². The van der Waals surface area contributed by atoms with Crippen LogP contribution >= 0.6 is 0 Å². The first-order chi connectivity index (χ1) is 8.36. The molecule has 0 amide bonds. The van der Waals surface area contributed by atoms with Crippen molar-refractivity contribution in [2.45, 2.75) is 0 Å². The Morgan fingerprint density at radius 1 is 0.941 bits per heavy atom. The van der Waals surface area contributed by atoms with Crippen LogP contribution in [-0.4, -0.2) is 6.54 Å². The van der Waals surface area contributed by atoms with Gasteiger partial charge in [-0.1, -0.05) is 54.6 Å². The van der Waals surface area contributed by atoms with Gasteiger partial charge in [0, 0.05) is 6.54 Å². The van der Waals surface area contributed by atoms with E-state index in [4.69, 9.17) is 5.73 Å². The highest BCUT2D eigenvalue weighted by Gasteiger charge is 1.93. The standard InChI is InChI=1S/C15H16N2/c16-14-10-4-5-11-15(14)17-12-6-9-13-7-2-1-3-8-13/h1-11,17H,12,16H2/b9-6-. The largest absolute Gasteiger partial charge is 0.397 e. The Morgan fingerprint density at radius 3 is 2.41 bits per heavy atom. The highest BCUT2D eigenvalue weighted by molar-refractivity contribution is 5.66. The zero-order chi connectivity index (χ0) is 11.9. The number of rotatable bonds is 4. The Balaban J connectivity index is 1.88. The third kappa shape index (κ3) is 3.38. The molecular formula is C15H16N2. The van der Waals surface area contributed by atoms with Gasteiger partial charge in [0.15, 0.2) is 0 Å². The summed E-state index contributed by atoms with van der Waals surface area (Å²) < 4.78 is 0. The normalized spacial score (nSPS) is 10.6. The fourth-order valence-corrected chi connectivity index (χ4v) is 1.59.